The van der Waals surface area contributed by atoms with Crippen LogP contribution in [0.4, 0.5) is 0 Å². The number of rotatable bonds is 6. The van der Waals surface area contributed by atoms with Crippen LogP contribution in [0.3, 0.4) is 0 Å². The first-order valence-electron chi connectivity index (χ1n) is 4.81. The van der Waals surface area contributed by atoms with Gasteiger partial charge in [-0.3, -0.25) is 0 Å². The largest absolute Gasteiger partial charge is 0.391 e. The van der Waals surface area contributed by atoms with Crippen molar-refractivity contribution in [3.8, 4) is 0 Å². The molecular formula is C10H22O4S2. The minimum absolute atomic E-state index is 0.275. The maximum absolute atomic E-state index is 9.95. The zero-order valence-electron chi connectivity index (χ0n) is 9.91. The molecule has 4 N–H and O–H groups in total. The predicted octanol–water partition coefficient (Wildman–Crippen LogP) is -0.563. The molecule has 98 valence electrons. The van der Waals surface area contributed by atoms with Gasteiger partial charge in [-0.1, -0.05) is 11.7 Å². The second-order valence-electron chi connectivity index (χ2n) is 3.96. The van der Waals surface area contributed by atoms with E-state index < -0.39 is 24.4 Å². The van der Waals surface area contributed by atoms with E-state index in [2.05, 4.69) is 11.7 Å². The molecule has 0 aromatic carbocycles. The van der Waals surface area contributed by atoms with Gasteiger partial charge < -0.3 is 20.4 Å². The maximum atomic E-state index is 9.95. The van der Waals surface area contributed by atoms with E-state index >= 15 is 0 Å². The second-order valence-corrected chi connectivity index (χ2v) is 8.04. The minimum atomic E-state index is -1.38. The SMILES string of the molecule is C=S(C)C([C@@H](O)[C@@H](O)[C@H](O)[C@@H](C)O)S(=C)C. The van der Waals surface area contributed by atoms with Crippen molar-refractivity contribution in [1.82, 2.24) is 0 Å². The summed E-state index contributed by atoms with van der Waals surface area (Å²) in [4.78, 5) is 0. The van der Waals surface area contributed by atoms with Gasteiger partial charge in [0.1, 0.15) is 18.3 Å². The molecule has 2 unspecified atom stereocenters. The lowest BCUT2D eigenvalue weighted by Gasteiger charge is -2.31. The van der Waals surface area contributed by atoms with Crippen molar-refractivity contribution < 1.29 is 20.4 Å². The molecule has 0 aliphatic heterocycles. The summed E-state index contributed by atoms with van der Waals surface area (Å²) in [5.74, 6) is 7.69. The summed E-state index contributed by atoms with van der Waals surface area (Å²) in [5, 5.41) is 38.3. The monoisotopic (exact) mass is 270 g/mol. The lowest BCUT2D eigenvalue weighted by molar-refractivity contribution is -0.0952. The van der Waals surface area contributed by atoms with E-state index in [-0.39, 0.29) is 25.6 Å². The molecule has 0 aliphatic carbocycles. The van der Waals surface area contributed by atoms with Crippen molar-refractivity contribution in [3.63, 3.8) is 0 Å². The molecule has 0 bridgehead atoms. The van der Waals surface area contributed by atoms with Crippen LogP contribution < -0.4 is 0 Å². The Hall–Kier alpha value is 0.280. The molecule has 0 aliphatic rings. The summed E-state index contributed by atoms with van der Waals surface area (Å²) >= 11 is 0. The van der Waals surface area contributed by atoms with Crippen molar-refractivity contribution in [2.75, 3.05) is 12.5 Å². The molecule has 0 spiro atoms. The van der Waals surface area contributed by atoms with E-state index in [1.807, 2.05) is 12.5 Å². The molecule has 0 saturated heterocycles. The average molecular weight is 270 g/mol. The molecule has 0 saturated carbocycles. The molecule has 0 radical (unpaired) electrons. The minimum Gasteiger partial charge on any atom is -0.391 e. The highest BCUT2D eigenvalue weighted by Crippen LogP contribution is 2.33. The van der Waals surface area contributed by atoms with Crippen LogP contribution in [0, 0.1) is 0 Å². The molecular weight excluding hydrogens is 248 g/mol. The molecule has 0 amide bonds. The van der Waals surface area contributed by atoms with Crippen molar-refractivity contribution in [2.45, 2.75) is 35.9 Å². The van der Waals surface area contributed by atoms with Gasteiger partial charge in [-0.2, -0.15) is 21.0 Å². The summed E-state index contributed by atoms with van der Waals surface area (Å²) in [5.41, 5.74) is 0. The molecule has 0 fully saturated rings. The number of hydrogen-bond acceptors (Lipinski definition) is 4. The third-order valence-electron chi connectivity index (χ3n) is 2.27. The van der Waals surface area contributed by atoms with Gasteiger partial charge in [0.15, 0.2) is 0 Å². The van der Waals surface area contributed by atoms with Crippen molar-refractivity contribution in [1.29, 1.82) is 0 Å². The normalized spacial score (nSPS) is 25.2. The fourth-order valence-electron chi connectivity index (χ4n) is 1.40. The Labute approximate surface area is 102 Å². The van der Waals surface area contributed by atoms with Crippen LogP contribution in [-0.4, -0.2) is 73.7 Å². The zero-order chi connectivity index (χ0) is 13.0. The Morgan fingerprint density at radius 3 is 1.44 bits per heavy atom. The summed E-state index contributed by atoms with van der Waals surface area (Å²) in [6, 6.07) is 0. The van der Waals surface area contributed by atoms with Gasteiger partial charge in [0, 0.05) is 0 Å². The van der Waals surface area contributed by atoms with Crippen LogP contribution in [0.2, 0.25) is 0 Å². The van der Waals surface area contributed by atoms with Crippen LogP contribution in [0.1, 0.15) is 6.92 Å². The topological polar surface area (TPSA) is 80.9 Å². The Bertz CT molecular complexity index is 254. The smallest absolute Gasteiger partial charge is 0.110 e. The van der Waals surface area contributed by atoms with Crippen molar-refractivity contribution in [2.24, 2.45) is 0 Å². The molecule has 6 heteroatoms. The van der Waals surface area contributed by atoms with E-state index in [1.165, 1.54) is 6.92 Å². The zero-order valence-corrected chi connectivity index (χ0v) is 11.5. The highest BCUT2D eigenvalue weighted by atomic mass is 32.2. The first kappa shape index (κ1) is 16.3. The van der Waals surface area contributed by atoms with Gasteiger partial charge in [0.25, 0.3) is 0 Å². The summed E-state index contributed by atoms with van der Waals surface area (Å²) in [6.45, 7) is 1.36. The summed E-state index contributed by atoms with van der Waals surface area (Å²) < 4.78 is -0.275. The first-order valence-corrected chi connectivity index (χ1v) is 8.54. The van der Waals surface area contributed by atoms with Gasteiger partial charge in [0.2, 0.25) is 0 Å². The number of aliphatic hydroxyl groups is 4. The van der Waals surface area contributed by atoms with E-state index in [0.717, 1.165) is 0 Å². The molecule has 0 aromatic heterocycles. The molecule has 4 nitrogen and oxygen atoms in total. The molecule has 16 heavy (non-hydrogen) atoms. The van der Waals surface area contributed by atoms with Crippen LogP contribution in [0.5, 0.6) is 0 Å². The van der Waals surface area contributed by atoms with Crippen LogP contribution >= 0.6 is 21.0 Å². The van der Waals surface area contributed by atoms with E-state index in [1.54, 1.807) is 0 Å². The van der Waals surface area contributed by atoms with E-state index in [0.29, 0.717) is 0 Å². The Balaban J connectivity index is 4.80. The third-order valence-corrected chi connectivity index (χ3v) is 6.38. The number of hydrogen-bond donors (Lipinski definition) is 4. The highest BCUT2D eigenvalue weighted by molar-refractivity contribution is 8.30. The van der Waals surface area contributed by atoms with Crippen LogP contribution in [0.25, 0.3) is 0 Å². The molecule has 6 atom stereocenters. The lowest BCUT2D eigenvalue weighted by atomic mass is 10.1. The second kappa shape index (κ2) is 6.88. The quantitative estimate of drug-likeness (QED) is 0.488. The highest BCUT2D eigenvalue weighted by Gasteiger charge is 2.33. The van der Waals surface area contributed by atoms with Crippen molar-refractivity contribution in [3.05, 3.63) is 0 Å². The van der Waals surface area contributed by atoms with Gasteiger partial charge >= 0.3 is 0 Å². The van der Waals surface area contributed by atoms with Crippen molar-refractivity contribution >= 4 is 32.7 Å². The van der Waals surface area contributed by atoms with Gasteiger partial charge in [-0.15, -0.1) is 0 Å². The Morgan fingerprint density at radius 2 is 1.19 bits per heavy atom. The molecule has 0 aromatic rings. The molecule has 0 heterocycles. The summed E-state index contributed by atoms with van der Waals surface area (Å²) in [6.07, 6.45) is -1.24. The molecule has 0 rings (SSSR count). The van der Waals surface area contributed by atoms with E-state index in [9.17, 15) is 15.3 Å². The third kappa shape index (κ3) is 4.27. The lowest BCUT2D eigenvalue weighted by Crippen LogP contribution is -2.47. The Morgan fingerprint density at radius 1 is 0.812 bits per heavy atom. The Kier molecular flexibility index (Phi) is 7.00. The fraction of sp³-hybridized carbons (Fsp3) is 0.800. The maximum Gasteiger partial charge on any atom is 0.110 e. The standard InChI is InChI=1S/C10H22O4S2/c1-6(11)7(12)8(13)9(14)10(15(2)3)16(4)5/h6-14H,2,4H2,1,3,5H3/t6-,7-,8+,9+,10?,15?,16?/m1/s1. The summed E-state index contributed by atoms with van der Waals surface area (Å²) in [7, 11) is -0.734. The average Bonchev–Trinajstić information content (AvgIpc) is 2.13. The fourth-order valence-corrected chi connectivity index (χ4v) is 4.92. The van der Waals surface area contributed by atoms with Gasteiger partial charge in [-0.25, -0.2) is 0 Å². The number of aliphatic hydroxyl groups excluding tert-OH is 4. The van der Waals surface area contributed by atoms with Crippen LogP contribution in [-0.2, 0) is 0 Å². The first-order chi connectivity index (χ1) is 7.20. The van der Waals surface area contributed by atoms with E-state index in [4.69, 9.17) is 5.11 Å². The van der Waals surface area contributed by atoms with Crippen LogP contribution in [0.15, 0.2) is 0 Å². The van der Waals surface area contributed by atoms with Gasteiger partial charge in [-0.05, 0) is 19.4 Å². The van der Waals surface area contributed by atoms with Gasteiger partial charge in [0.05, 0.1) is 10.7 Å². The predicted molar refractivity (Wildman–Crippen MR) is 74.8 cm³/mol.